The van der Waals surface area contributed by atoms with E-state index >= 15 is 0 Å². The number of hydrogen-bond acceptors (Lipinski definition) is 5. The number of carbonyl (C=O) groups excluding carboxylic acids is 1. The van der Waals surface area contributed by atoms with Gasteiger partial charge >= 0.3 is 5.97 Å². The number of halogens is 3. The zero-order valence-corrected chi connectivity index (χ0v) is 21.2. The molecule has 0 aliphatic heterocycles. The van der Waals surface area contributed by atoms with E-state index in [9.17, 15) is 26.4 Å². The third-order valence-electron chi connectivity index (χ3n) is 6.05. The number of fused-ring (bicyclic) bond motifs is 1. The van der Waals surface area contributed by atoms with Gasteiger partial charge < -0.3 is 9.47 Å². The van der Waals surface area contributed by atoms with Crippen LogP contribution in [0.3, 0.4) is 0 Å². The van der Waals surface area contributed by atoms with E-state index in [4.69, 9.17) is 9.47 Å². The second-order valence-corrected chi connectivity index (χ2v) is 10.7. The number of hydrogen-bond donors (Lipinski definition) is 0. The standard InChI is InChI=1S/C27H26F3NO5S/c1-17(28)15-31(37(33,34)24-13-22(29)12-23(30)14-24)25-10-20-4-3-5-21(20)11-26(25)36-16-18-6-8-19(9-7-18)27(32)35-2/h6-14,17H,3-5,15-16H2,1-2H3. The second kappa shape index (κ2) is 10.8. The summed E-state index contributed by atoms with van der Waals surface area (Å²) < 4.78 is 80.7. The fourth-order valence-electron chi connectivity index (χ4n) is 4.27. The van der Waals surface area contributed by atoms with Crippen LogP contribution in [-0.2, 0) is 34.2 Å². The SMILES string of the molecule is COC(=O)c1ccc(COc2cc3c(cc2N(CC(C)F)S(=O)(=O)c2cc(F)cc(F)c2)CCC3)cc1. The van der Waals surface area contributed by atoms with Crippen molar-refractivity contribution in [3.63, 3.8) is 0 Å². The van der Waals surface area contributed by atoms with Crippen LogP contribution in [0.1, 0.15) is 40.4 Å². The van der Waals surface area contributed by atoms with Crippen molar-refractivity contribution in [2.45, 2.75) is 43.9 Å². The summed E-state index contributed by atoms with van der Waals surface area (Å²) in [6, 6.07) is 11.8. The Morgan fingerprint density at radius 1 is 1.00 bits per heavy atom. The van der Waals surface area contributed by atoms with Crippen LogP contribution in [0, 0.1) is 11.6 Å². The van der Waals surface area contributed by atoms with E-state index in [2.05, 4.69) is 0 Å². The van der Waals surface area contributed by atoms with Crippen LogP contribution in [0.25, 0.3) is 0 Å². The molecule has 1 atom stereocenters. The third-order valence-corrected chi connectivity index (χ3v) is 7.81. The van der Waals surface area contributed by atoms with Crippen molar-refractivity contribution in [1.82, 2.24) is 0 Å². The highest BCUT2D eigenvalue weighted by atomic mass is 32.2. The van der Waals surface area contributed by atoms with E-state index in [0.717, 1.165) is 28.3 Å². The van der Waals surface area contributed by atoms with Crippen LogP contribution >= 0.6 is 0 Å². The van der Waals surface area contributed by atoms with Gasteiger partial charge in [0.15, 0.2) is 0 Å². The molecule has 0 fully saturated rings. The molecular weight excluding hydrogens is 507 g/mol. The van der Waals surface area contributed by atoms with Gasteiger partial charge in [-0.2, -0.15) is 0 Å². The van der Waals surface area contributed by atoms with Crippen molar-refractivity contribution < 1.29 is 35.9 Å². The molecule has 37 heavy (non-hydrogen) atoms. The maximum atomic E-state index is 14.3. The Kier molecular flexibility index (Phi) is 7.77. The second-order valence-electron chi connectivity index (χ2n) is 8.84. The van der Waals surface area contributed by atoms with Gasteiger partial charge in [0.1, 0.15) is 30.2 Å². The van der Waals surface area contributed by atoms with Crippen molar-refractivity contribution in [3.05, 3.63) is 88.5 Å². The summed E-state index contributed by atoms with van der Waals surface area (Å²) in [6.07, 6.45) is 0.779. The van der Waals surface area contributed by atoms with Crippen LogP contribution in [0.15, 0.2) is 59.5 Å². The van der Waals surface area contributed by atoms with Gasteiger partial charge in [-0.15, -0.1) is 0 Å². The largest absolute Gasteiger partial charge is 0.487 e. The Balaban J connectivity index is 1.74. The highest BCUT2D eigenvalue weighted by molar-refractivity contribution is 7.92. The van der Waals surface area contributed by atoms with Gasteiger partial charge in [0, 0.05) is 6.07 Å². The first-order valence-corrected chi connectivity index (χ1v) is 13.1. The molecule has 0 amide bonds. The van der Waals surface area contributed by atoms with Gasteiger partial charge in [-0.1, -0.05) is 12.1 Å². The lowest BCUT2D eigenvalue weighted by molar-refractivity contribution is 0.0600. The average Bonchev–Trinajstić information content (AvgIpc) is 3.32. The predicted octanol–water partition coefficient (Wildman–Crippen LogP) is 5.37. The number of sulfonamides is 1. The summed E-state index contributed by atoms with van der Waals surface area (Å²) in [5.74, 6) is -2.41. The highest BCUT2D eigenvalue weighted by Gasteiger charge is 2.31. The zero-order chi connectivity index (χ0) is 26.7. The van der Waals surface area contributed by atoms with Crippen LogP contribution in [0.2, 0.25) is 0 Å². The van der Waals surface area contributed by atoms with Gasteiger partial charge in [0.25, 0.3) is 10.0 Å². The molecule has 0 bridgehead atoms. The Morgan fingerprint density at radius 2 is 1.62 bits per heavy atom. The molecular formula is C27H26F3NO5S. The molecule has 6 nitrogen and oxygen atoms in total. The van der Waals surface area contributed by atoms with Crippen molar-refractivity contribution >= 4 is 21.7 Å². The summed E-state index contributed by atoms with van der Waals surface area (Å²) in [6.45, 7) is 0.649. The molecule has 3 aromatic rings. The molecule has 0 saturated heterocycles. The Bertz CT molecular complexity index is 1390. The monoisotopic (exact) mass is 533 g/mol. The van der Waals surface area contributed by atoms with E-state index in [-0.39, 0.29) is 18.0 Å². The average molecular weight is 534 g/mol. The van der Waals surface area contributed by atoms with Crippen molar-refractivity contribution in [1.29, 1.82) is 0 Å². The number of alkyl halides is 1. The minimum atomic E-state index is -4.55. The third kappa shape index (κ3) is 5.90. The van der Waals surface area contributed by atoms with Gasteiger partial charge in [0.2, 0.25) is 0 Å². The fourth-order valence-corrected chi connectivity index (χ4v) is 5.85. The number of rotatable bonds is 9. The summed E-state index contributed by atoms with van der Waals surface area (Å²) in [5, 5.41) is 0. The topological polar surface area (TPSA) is 72.9 Å². The van der Waals surface area contributed by atoms with E-state index in [1.54, 1.807) is 36.4 Å². The molecule has 1 unspecified atom stereocenters. The lowest BCUT2D eigenvalue weighted by atomic mass is 10.1. The van der Waals surface area contributed by atoms with E-state index < -0.39 is 45.2 Å². The molecule has 10 heteroatoms. The number of esters is 1. The Hall–Kier alpha value is -3.53. The van der Waals surface area contributed by atoms with Crippen LogP contribution < -0.4 is 9.04 Å². The van der Waals surface area contributed by atoms with Gasteiger partial charge in [-0.05, 0) is 79.3 Å². The number of anilines is 1. The molecule has 3 aromatic carbocycles. The first-order valence-electron chi connectivity index (χ1n) is 11.7. The lowest BCUT2D eigenvalue weighted by Crippen LogP contribution is -2.36. The summed E-state index contributed by atoms with van der Waals surface area (Å²) in [5.41, 5.74) is 3.03. The quantitative estimate of drug-likeness (QED) is 0.346. The molecule has 0 saturated carbocycles. The number of ether oxygens (including phenoxy) is 2. The highest BCUT2D eigenvalue weighted by Crippen LogP contribution is 2.39. The van der Waals surface area contributed by atoms with Crippen LogP contribution in [0.4, 0.5) is 18.9 Å². The number of benzene rings is 3. The molecule has 0 radical (unpaired) electrons. The fraction of sp³-hybridized carbons (Fsp3) is 0.296. The molecule has 0 aromatic heterocycles. The normalized spacial score (nSPS) is 13.6. The zero-order valence-electron chi connectivity index (χ0n) is 20.3. The molecule has 0 spiro atoms. The molecule has 4 rings (SSSR count). The number of nitrogens with zero attached hydrogens (tertiary/aromatic N) is 1. The first-order chi connectivity index (χ1) is 17.6. The summed E-state index contributed by atoms with van der Waals surface area (Å²) in [7, 11) is -3.27. The van der Waals surface area contributed by atoms with Crippen molar-refractivity contribution in [2.75, 3.05) is 18.0 Å². The van der Waals surface area contributed by atoms with Crippen LogP contribution in [-0.4, -0.2) is 34.2 Å². The van der Waals surface area contributed by atoms with E-state index in [1.165, 1.54) is 14.0 Å². The van der Waals surface area contributed by atoms with Crippen LogP contribution in [0.5, 0.6) is 5.75 Å². The summed E-state index contributed by atoms with van der Waals surface area (Å²) >= 11 is 0. The molecule has 1 aliphatic rings. The molecule has 0 N–H and O–H groups in total. The van der Waals surface area contributed by atoms with Gasteiger partial charge in [-0.3, -0.25) is 4.31 Å². The minimum absolute atomic E-state index is 0.0287. The van der Waals surface area contributed by atoms with E-state index in [0.29, 0.717) is 35.7 Å². The smallest absolute Gasteiger partial charge is 0.337 e. The molecule has 196 valence electrons. The lowest BCUT2D eigenvalue weighted by Gasteiger charge is -2.28. The Morgan fingerprint density at radius 3 is 2.22 bits per heavy atom. The predicted molar refractivity (Wildman–Crippen MR) is 132 cm³/mol. The molecule has 0 heterocycles. The number of carbonyl (C=O) groups is 1. The summed E-state index contributed by atoms with van der Waals surface area (Å²) in [4.78, 5) is 11.1. The first kappa shape index (κ1) is 26.5. The molecule has 1 aliphatic carbocycles. The van der Waals surface area contributed by atoms with Crippen molar-refractivity contribution in [3.8, 4) is 5.75 Å². The number of methoxy groups -OCH3 is 1. The van der Waals surface area contributed by atoms with Gasteiger partial charge in [-0.25, -0.2) is 26.4 Å². The minimum Gasteiger partial charge on any atom is -0.487 e. The van der Waals surface area contributed by atoms with Crippen molar-refractivity contribution in [2.24, 2.45) is 0 Å². The maximum absolute atomic E-state index is 14.3. The van der Waals surface area contributed by atoms with Gasteiger partial charge in [0.05, 0.1) is 29.8 Å². The number of aryl methyl sites for hydroxylation is 2. The Labute approximate surface area is 213 Å². The van der Waals surface area contributed by atoms with E-state index in [1.807, 2.05) is 0 Å². The maximum Gasteiger partial charge on any atom is 0.337 e.